The molecule has 0 bridgehead atoms. The summed E-state index contributed by atoms with van der Waals surface area (Å²) in [6.07, 6.45) is 1.49. The molecule has 3 aromatic carbocycles. The van der Waals surface area contributed by atoms with Crippen LogP contribution in [0.2, 0.25) is 10.0 Å². The Morgan fingerprint density at radius 2 is 1.87 bits per heavy atom. The van der Waals surface area contributed by atoms with E-state index in [1.807, 2.05) is 36.4 Å². The first-order chi connectivity index (χ1) is 14.5. The van der Waals surface area contributed by atoms with Crippen molar-refractivity contribution >= 4 is 56.8 Å². The topological polar surface area (TPSA) is 62.1 Å². The molecule has 0 aliphatic heterocycles. The third-order valence-corrected chi connectivity index (χ3v) is 5.51. The maximum Gasteiger partial charge on any atom is 0.266 e. The van der Waals surface area contributed by atoms with Crippen molar-refractivity contribution in [3.8, 4) is 11.8 Å². The Labute approximate surface area is 192 Å². The molecule has 3 aromatic rings. The van der Waals surface area contributed by atoms with Gasteiger partial charge in [0.15, 0.2) is 0 Å². The molecule has 30 heavy (non-hydrogen) atoms. The number of nitriles is 1. The van der Waals surface area contributed by atoms with E-state index in [0.717, 1.165) is 5.56 Å². The van der Waals surface area contributed by atoms with Crippen molar-refractivity contribution < 1.29 is 9.53 Å². The highest BCUT2D eigenvalue weighted by Gasteiger charge is 2.13. The number of amides is 1. The van der Waals surface area contributed by atoms with Gasteiger partial charge in [0.25, 0.3) is 5.91 Å². The fourth-order valence-corrected chi connectivity index (χ4v) is 3.42. The van der Waals surface area contributed by atoms with Crippen LogP contribution in [0.25, 0.3) is 6.08 Å². The van der Waals surface area contributed by atoms with Crippen LogP contribution in [0.1, 0.15) is 11.1 Å². The van der Waals surface area contributed by atoms with Crippen molar-refractivity contribution in [1.29, 1.82) is 5.26 Å². The molecule has 0 atom stereocenters. The number of carbonyl (C=O) groups is 1. The Morgan fingerprint density at radius 3 is 2.57 bits per heavy atom. The normalized spacial score (nSPS) is 10.9. The number of nitrogens with one attached hydrogen (secondary N) is 1. The lowest BCUT2D eigenvalue weighted by molar-refractivity contribution is -0.112. The van der Waals surface area contributed by atoms with Crippen molar-refractivity contribution in [2.24, 2.45) is 0 Å². The molecule has 0 saturated carbocycles. The summed E-state index contributed by atoms with van der Waals surface area (Å²) in [5.41, 5.74) is 1.98. The van der Waals surface area contributed by atoms with Gasteiger partial charge < -0.3 is 10.1 Å². The Morgan fingerprint density at radius 1 is 1.10 bits per heavy atom. The highest BCUT2D eigenvalue weighted by Crippen LogP contribution is 2.30. The SMILES string of the molecule is N#C/C(=C\c1ccc(OCc2ccccc2)c(Br)c1)C(=O)Nc1cccc(Cl)c1Cl. The second-order valence-corrected chi connectivity index (χ2v) is 7.83. The standard InChI is InChI=1S/C23H15BrCl2N2O2/c24-18-12-16(9-10-21(18)30-14-15-5-2-1-3-6-15)11-17(13-27)23(29)28-20-8-4-7-19(25)22(20)26/h1-12H,14H2,(H,28,29)/b17-11+. The number of anilines is 1. The molecule has 0 unspecified atom stereocenters. The zero-order valence-corrected chi connectivity index (χ0v) is 18.6. The van der Waals surface area contributed by atoms with Crippen molar-refractivity contribution in [1.82, 2.24) is 0 Å². The summed E-state index contributed by atoms with van der Waals surface area (Å²) < 4.78 is 6.53. The molecule has 0 radical (unpaired) electrons. The summed E-state index contributed by atoms with van der Waals surface area (Å²) in [6, 6.07) is 21.9. The van der Waals surface area contributed by atoms with Gasteiger partial charge in [-0.25, -0.2) is 0 Å². The van der Waals surface area contributed by atoms with Crippen LogP contribution in [0.5, 0.6) is 5.75 Å². The minimum Gasteiger partial charge on any atom is -0.488 e. The second-order valence-electron chi connectivity index (χ2n) is 6.19. The number of rotatable bonds is 6. The number of carbonyl (C=O) groups excluding carboxylic acids is 1. The van der Waals surface area contributed by atoms with Gasteiger partial charge in [0.1, 0.15) is 24.0 Å². The Kier molecular flexibility index (Phi) is 7.53. The highest BCUT2D eigenvalue weighted by atomic mass is 79.9. The van der Waals surface area contributed by atoms with Gasteiger partial charge in [-0.15, -0.1) is 0 Å². The molecule has 4 nitrogen and oxygen atoms in total. The summed E-state index contributed by atoms with van der Waals surface area (Å²) in [4.78, 5) is 12.5. The molecule has 0 aromatic heterocycles. The van der Waals surface area contributed by atoms with Crippen LogP contribution in [0.15, 0.2) is 76.8 Å². The minimum atomic E-state index is -0.581. The lowest BCUT2D eigenvalue weighted by Crippen LogP contribution is -2.13. The van der Waals surface area contributed by atoms with Crippen LogP contribution in [0, 0.1) is 11.3 Å². The molecular formula is C23H15BrCl2N2O2. The smallest absolute Gasteiger partial charge is 0.266 e. The van der Waals surface area contributed by atoms with E-state index in [-0.39, 0.29) is 10.6 Å². The Hall–Kier alpha value is -2.78. The van der Waals surface area contributed by atoms with Crippen LogP contribution in [-0.2, 0) is 11.4 Å². The summed E-state index contributed by atoms with van der Waals surface area (Å²) in [6.45, 7) is 0.431. The lowest BCUT2D eigenvalue weighted by Gasteiger charge is -2.10. The molecule has 0 aliphatic carbocycles. The molecular weight excluding hydrogens is 487 g/mol. The zero-order valence-electron chi connectivity index (χ0n) is 15.5. The quantitative estimate of drug-likeness (QED) is 0.295. The van der Waals surface area contributed by atoms with Gasteiger partial charge in [0.2, 0.25) is 0 Å². The minimum absolute atomic E-state index is 0.0732. The van der Waals surface area contributed by atoms with Crippen LogP contribution in [-0.4, -0.2) is 5.91 Å². The van der Waals surface area contributed by atoms with E-state index in [2.05, 4.69) is 21.2 Å². The van der Waals surface area contributed by atoms with Crippen molar-refractivity contribution in [3.63, 3.8) is 0 Å². The van der Waals surface area contributed by atoms with Gasteiger partial charge in [-0.3, -0.25) is 4.79 Å². The predicted octanol–water partition coefficient (Wildman–Crippen LogP) is 6.88. The van der Waals surface area contributed by atoms with E-state index in [9.17, 15) is 10.1 Å². The van der Waals surface area contributed by atoms with Crippen LogP contribution >= 0.6 is 39.1 Å². The average molecular weight is 502 g/mol. The van der Waals surface area contributed by atoms with E-state index < -0.39 is 5.91 Å². The van der Waals surface area contributed by atoms with Gasteiger partial charge >= 0.3 is 0 Å². The summed E-state index contributed by atoms with van der Waals surface area (Å²) in [5, 5.41) is 12.6. The number of benzene rings is 3. The van der Waals surface area contributed by atoms with Crippen LogP contribution < -0.4 is 10.1 Å². The summed E-state index contributed by atoms with van der Waals surface area (Å²) in [7, 11) is 0. The Bertz CT molecular complexity index is 1140. The fraction of sp³-hybridized carbons (Fsp3) is 0.0435. The molecule has 0 fully saturated rings. The second kappa shape index (κ2) is 10.3. The molecule has 1 N–H and O–H groups in total. The molecule has 7 heteroatoms. The molecule has 0 saturated heterocycles. The number of hydrogen-bond acceptors (Lipinski definition) is 3. The maximum atomic E-state index is 12.5. The van der Waals surface area contributed by atoms with Crippen molar-refractivity contribution in [3.05, 3.63) is 97.9 Å². The zero-order chi connectivity index (χ0) is 21.5. The molecule has 0 spiro atoms. The van der Waals surface area contributed by atoms with Gasteiger partial charge in [0, 0.05) is 0 Å². The van der Waals surface area contributed by atoms with E-state index in [1.54, 1.807) is 36.4 Å². The number of ether oxygens (including phenoxy) is 1. The number of nitrogens with zero attached hydrogens (tertiary/aromatic N) is 1. The average Bonchev–Trinajstić information content (AvgIpc) is 2.75. The Balaban J connectivity index is 1.73. The van der Waals surface area contributed by atoms with E-state index in [0.29, 0.717) is 33.1 Å². The first-order valence-electron chi connectivity index (χ1n) is 8.81. The maximum absolute atomic E-state index is 12.5. The monoisotopic (exact) mass is 500 g/mol. The summed E-state index contributed by atoms with van der Waals surface area (Å²) >= 11 is 15.5. The van der Waals surface area contributed by atoms with E-state index in [4.69, 9.17) is 27.9 Å². The van der Waals surface area contributed by atoms with Crippen LogP contribution in [0.3, 0.4) is 0 Å². The fourth-order valence-electron chi connectivity index (χ4n) is 2.56. The molecule has 1 amide bonds. The van der Waals surface area contributed by atoms with Gasteiger partial charge in [-0.05, 0) is 57.4 Å². The molecule has 0 aliphatic rings. The third-order valence-electron chi connectivity index (χ3n) is 4.07. The molecule has 150 valence electrons. The van der Waals surface area contributed by atoms with E-state index in [1.165, 1.54) is 6.08 Å². The first-order valence-corrected chi connectivity index (χ1v) is 10.4. The number of halogens is 3. The molecule has 0 heterocycles. The first kappa shape index (κ1) is 21.9. The van der Waals surface area contributed by atoms with Gasteiger partial charge in [-0.2, -0.15) is 5.26 Å². The van der Waals surface area contributed by atoms with Crippen molar-refractivity contribution in [2.75, 3.05) is 5.32 Å². The highest BCUT2D eigenvalue weighted by molar-refractivity contribution is 9.10. The lowest BCUT2D eigenvalue weighted by atomic mass is 10.1. The van der Waals surface area contributed by atoms with Gasteiger partial charge in [0.05, 0.1) is 20.2 Å². The largest absolute Gasteiger partial charge is 0.488 e. The van der Waals surface area contributed by atoms with Crippen LogP contribution in [0.4, 0.5) is 5.69 Å². The van der Waals surface area contributed by atoms with E-state index >= 15 is 0 Å². The summed E-state index contributed by atoms with van der Waals surface area (Å²) in [5.74, 6) is 0.0758. The predicted molar refractivity (Wildman–Crippen MR) is 124 cm³/mol. The number of hydrogen-bond donors (Lipinski definition) is 1. The van der Waals surface area contributed by atoms with Gasteiger partial charge in [-0.1, -0.05) is 65.7 Å². The van der Waals surface area contributed by atoms with Crippen molar-refractivity contribution in [2.45, 2.75) is 6.61 Å². The molecule has 3 rings (SSSR count). The third kappa shape index (κ3) is 5.64.